The van der Waals surface area contributed by atoms with Gasteiger partial charge in [0.05, 0.1) is 19.0 Å². The Balaban J connectivity index is 0.00000136. The molecule has 2 aromatic heterocycles. The Labute approximate surface area is 179 Å². The lowest BCUT2D eigenvalue weighted by Gasteiger charge is -2.16. The highest BCUT2D eigenvalue weighted by Crippen LogP contribution is 2.24. The van der Waals surface area contributed by atoms with E-state index in [4.69, 9.17) is 0 Å². The number of hydrogen-bond acceptors (Lipinski definition) is 7. The average molecular weight is 419 g/mol. The Morgan fingerprint density at radius 3 is 2.41 bits per heavy atom. The minimum absolute atomic E-state index is 0. The quantitative estimate of drug-likeness (QED) is 0.406. The van der Waals surface area contributed by atoms with Crippen molar-refractivity contribution in [2.45, 2.75) is 53.8 Å². The maximum absolute atomic E-state index is 9.42. The number of anilines is 2. The molecule has 0 aliphatic carbocycles. The van der Waals surface area contributed by atoms with Crippen molar-refractivity contribution in [2.75, 3.05) is 23.0 Å². The van der Waals surface area contributed by atoms with E-state index in [1.54, 1.807) is 6.33 Å². The molecule has 0 amide bonds. The van der Waals surface area contributed by atoms with E-state index in [9.17, 15) is 5.11 Å². The molecule has 2 heterocycles. The number of imidazole rings is 1. The Kier molecular flexibility index (Phi) is 10.5. The fraction of sp³-hybridized carbons (Fsp3) is 0.476. The summed E-state index contributed by atoms with van der Waals surface area (Å²) in [5.41, 5.74) is 2.64. The highest BCUT2D eigenvalue weighted by atomic mass is 32.1. The minimum Gasteiger partial charge on any atom is -0.394 e. The van der Waals surface area contributed by atoms with Crippen LogP contribution in [0.15, 0.2) is 36.7 Å². The van der Waals surface area contributed by atoms with Gasteiger partial charge in [-0.3, -0.25) is 0 Å². The van der Waals surface area contributed by atoms with Crippen LogP contribution in [0.1, 0.15) is 46.7 Å². The first-order valence-corrected chi connectivity index (χ1v) is 10.3. The summed E-state index contributed by atoms with van der Waals surface area (Å²) < 4.78 is 2.00. The third kappa shape index (κ3) is 6.33. The molecule has 1 aromatic carbocycles. The number of nitrogens with one attached hydrogen (secondary N) is 2. The standard InChI is InChI=1S/C18H24N6OS.C2H6.CH4/c1-12(2)24-11-20-15-16(19-8-13-6-4-3-5-7-13)22-18(23-17(15)24)21-14(9-25)10-26;1-2;/h3-7,11-12,14,25-26H,8-10H2,1-2H3,(H2,19,21,22,23);1-2H3;1H4. The van der Waals surface area contributed by atoms with Crippen LogP contribution >= 0.6 is 12.6 Å². The van der Waals surface area contributed by atoms with Gasteiger partial charge in [-0.1, -0.05) is 51.6 Å². The second-order valence-electron chi connectivity index (χ2n) is 6.36. The summed E-state index contributed by atoms with van der Waals surface area (Å²) in [6.45, 7) is 8.76. The van der Waals surface area contributed by atoms with Gasteiger partial charge in [0, 0.05) is 18.3 Å². The van der Waals surface area contributed by atoms with Crippen LogP contribution in [0.2, 0.25) is 0 Å². The molecule has 0 saturated carbocycles. The van der Waals surface area contributed by atoms with E-state index in [0.29, 0.717) is 24.1 Å². The molecule has 3 aromatic rings. The van der Waals surface area contributed by atoms with E-state index in [2.05, 4.69) is 64.2 Å². The molecule has 0 saturated heterocycles. The molecule has 0 radical (unpaired) electrons. The number of thiol groups is 1. The molecule has 1 unspecified atom stereocenters. The van der Waals surface area contributed by atoms with E-state index in [1.807, 2.05) is 36.6 Å². The summed E-state index contributed by atoms with van der Waals surface area (Å²) in [5, 5.41) is 15.9. The second-order valence-corrected chi connectivity index (χ2v) is 6.72. The SMILES string of the molecule is C.CC.CC(C)n1cnc2c(NCc3ccccc3)nc(NC(CO)CS)nc21. The smallest absolute Gasteiger partial charge is 0.227 e. The molecular weight excluding hydrogens is 384 g/mol. The number of fused-ring (bicyclic) bond motifs is 1. The number of aliphatic hydroxyl groups excluding tert-OH is 1. The maximum Gasteiger partial charge on any atom is 0.227 e. The highest BCUT2D eigenvalue weighted by Gasteiger charge is 2.16. The monoisotopic (exact) mass is 418 g/mol. The van der Waals surface area contributed by atoms with Crippen molar-refractivity contribution >= 4 is 35.6 Å². The minimum atomic E-state index is -0.215. The number of nitrogens with zero attached hydrogens (tertiary/aromatic N) is 4. The van der Waals surface area contributed by atoms with Gasteiger partial charge in [0.2, 0.25) is 5.95 Å². The molecule has 160 valence electrons. The lowest BCUT2D eigenvalue weighted by molar-refractivity contribution is 0.283. The molecule has 29 heavy (non-hydrogen) atoms. The first-order chi connectivity index (χ1) is 13.6. The molecule has 0 bridgehead atoms. The van der Waals surface area contributed by atoms with Crippen molar-refractivity contribution in [3.05, 3.63) is 42.2 Å². The zero-order chi connectivity index (χ0) is 20.5. The molecule has 1 atom stereocenters. The summed E-state index contributed by atoms with van der Waals surface area (Å²) in [6.07, 6.45) is 1.78. The summed E-state index contributed by atoms with van der Waals surface area (Å²) in [7, 11) is 0. The Morgan fingerprint density at radius 1 is 1.14 bits per heavy atom. The van der Waals surface area contributed by atoms with Gasteiger partial charge < -0.3 is 20.3 Å². The van der Waals surface area contributed by atoms with Crippen LogP contribution in [0.25, 0.3) is 11.2 Å². The van der Waals surface area contributed by atoms with E-state index in [-0.39, 0.29) is 26.1 Å². The average Bonchev–Trinajstić information content (AvgIpc) is 3.17. The van der Waals surface area contributed by atoms with Crippen molar-refractivity contribution in [1.29, 1.82) is 0 Å². The number of hydrogen-bond donors (Lipinski definition) is 4. The Hall–Kier alpha value is -2.32. The fourth-order valence-electron chi connectivity index (χ4n) is 2.60. The number of benzene rings is 1. The molecule has 0 fully saturated rings. The molecular formula is C21H34N6OS. The van der Waals surface area contributed by atoms with Crippen LogP contribution < -0.4 is 10.6 Å². The number of aliphatic hydroxyl groups is 1. The molecule has 0 aliphatic heterocycles. The summed E-state index contributed by atoms with van der Waals surface area (Å²) in [6, 6.07) is 10.1. The van der Waals surface area contributed by atoms with Crippen LogP contribution in [-0.2, 0) is 6.54 Å². The van der Waals surface area contributed by atoms with Gasteiger partial charge in [0.1, 0.15) is 0 Å². The van der Waals surface area contributed by atoms with Crippen LogP contribution in [-0.4, -0.2) is 43.0 Å². The van der Waals surface area contributed by atoms with Crippen molar-refractivity contribution in [3.63, 3.8) is 0 Å². The summed E-state index contributed by atoms with van der Waals surface area (Å²) >= 11 is 4.24. The van der Waals surface area contributed by atoms with E-state index in [1.165, 1.54) is 0 Å². The van der Waals surface area contributed by atoms with Crippen molar-refractivity contribution < 1.29 is 5.11 Å². The van der Waals surface area contributed by atoms with Gasteiger partial charge in [0.15, 0.2) is 17.0 Å². The van der Waals surface area contributed by atoms with Gasteiger partial charge in [-0.05, 0) is 19.4 Å². The largest absolute Gasteiger partial charge is 0.394 e. The second kappa shape index (κ2) is 12.3. The van der Waals surface area contributed by atoms with Gasteiger partial charge >= 0.3 is 0 Å². The van der Waals surface area contributed by atoms with Crippen molar-refractivity contribution in [2.24, 2.45) is 0 Å². The maximum atomic E-state index is 9.42. The van der Waals surface area contributed by atoms with Crippen LogP contribution in [0.5, 0.6) is 0 Å². The highest BCUT2D eigenvalue weighted by molar-refractivity contribution is 7.80. The van der Waals surface area contributed by atoms with Crippen molar-refractivity contribution in [1.82, 2.24) is 19.5 Å². The van der Waals surface area contributed by atoms with Gasteiger partial charge in [0.25, 0.3) is 0 Å². The van der Waals surface area contributed by atoms with Crippen LogP contribution in [0.4, 0.5) is 11.8 Å². The van der Waals surface area contributed by atoms with Crippen LogP contribution in [0, 0.1) is 0 Å². The molecule has 7 nitrogen and oxygen atoms in total. The molecule has 0 aliphatic rings. The molecule has 0 spiro atoms. The topological polar surface area (TPSA) is 87.9 Å². The zero-order valence-corrected chi connectivity index (χ0v) is 17.8. The first-order valence-electron chi connectivity index (χ1n) is 9.63. The fourth-order valence-corrected chi connectivity index (χ4v) is 2.80. The van der Waals surface area contributed by atoms with Crippen LogP contribution in [0.3, 0.4) is 0 Å². The van der Waals surface area contributed by atoms with E-state index in [0.717, 1.165) is 16.7 Å². The number of rotatable bonds is 8. The lowest BCUT2D eigenvalue weighted by atomic mass is 10.2. The zero-order valence-electron chi connectivity index (χ0n) is 16.9. The lowest BCUT2D eigenvalue weighted by Crippen LogP contribution is -2.27. The molecule has 8 heteroatoms. The van der Waals surface area contributed by atoms with E-state index >= 15 is 0 Å². The predicted octanol–water partition coefficient (Wildman–Crippen LogP) is 4.38. The van der Waals surface area contributed by atoms with Gasteiger partial charge in [-0.25, -0.2) is 4.98 Å². The third-order valence-electron chi connectivity index (χ3n) is 4.05. The summed E-state index contributed by atoms with van der Waals surface area (Å²) in [5.74, 6) is 1.59. The first kappa shape index (κ1) is 24.7. The third-order valence-corrected chi connectivity index (χ3v) is 4.50. The summed E-state index contributed by atoms with van der Waals surface area (Å²) in [4.78, 5) is 13.7. The number of aromatic nitrogens is 4. The van der Waals surface area contributed by atoms with E-state index < -0.39 is 0 Å². The van der Waals surface area contributed by atoms with Gasteiger partial charge in [-0.15, -0.1) is 0 Å². The Bertz CT molecular complexity index is 849. The van der Waals surface area contributed by atoms with Gasteiger partial charge in [-0.2, -0.15) is 22.6 Å². The normalized spacial score (nSPS) is 11.4. The van der Waals surface area contributed by atoms with Crippen molar-refractivity contribution in [3.8, 4) is 0 Å². The molecule has 3 N–H and O–H groups in total. The molecule has 3 rings (SSSR count). The Morgan fingerprint density at radius 2 is 1.83 bits per heavy atom. The predicted molar refractivity (Wildman–Crippen MR) is 126 cm³/mol.